The third-order valence-electron chi connectivity index (χ3n) is 5.05. The molecule has 1 aromatic rings. The second-order valence-corrected chi connectivity index (χ2v) is 6.02. The third kappa shape index (κ3) is 2.82. The van der Waals surface area contributed by atoms with Crippen LogP contribution in [-0.4, -0.2) is 24.2 Å². The van der Waals surface area contributed by atoms with Crippen LogP contribution >= 0.6 is 0 Å². The Morgan fingerprint density at radius 3 is 2.35 bits per heavy atom. The molecular formula is C17H25NO2. The largest absolute Gasteiger partial charge is 0.478 e. The van der Waals surface area contributed by atoms with Gasteiger partial charge in [0.15, 0.2) is 0 Å². The zero-order valence-corrected chi connectivity index (χ0v) is 12.8. The molecule has 1 fully saturated rings. The molecule has 3 heteroatoms. The highest BCUT2D eigenvalue weighted by Crippen LogP contribution is 2.39. The minimum atomic E-state index is -0.831. The lowest BCUT2D eigenvalue weighted by molar-refractivity contribution is 0.0697. The van der Waals surface area contributed by atoms with Gasteiger partial charge in [-0.15, -0.1) is 0 Å². The maximum Gasteiger partial charge on any atom is 0.337 e. The number of benzene rings is 1. The van der Waals surface area contributed by atoms with Crippen molar-refractivity contribution in [2.45, 2.75) is 46.5 Å². The van der Waals surface area contributed by atoms with Gasteiger partial charge in [0, 0.05) is 13.1 Å². The van der Waals surface area contributed by atoms with Crippen LogP contribution in [0.1, 0.15) is 55.5 Å². The van der Waals surface area contributed by atoms with Crippen molar-refractivity contribution < 1.29 is 9.90 Å². The summed E-state index contributed by atoms with van der Waals surface area (Å²) in [6.45, 7) is 8.49. The second kappa shape index (κ2) is 5.86. The molecule has 20 heavy (non-hydrogen) atoms. The maximum absolute atomic E-state index is 11.4. The van der Waals surface area contributed by atoms with Gasteiger partial charge in [0.25, 0.3) is 0 Å². The van der Waals surface area contributed by atoms with E-state index in [-0.39, 0.29) is 0 Å². The minimum Gasteiger partial charge on any atom is -0.478 e. The second-order valence-electron chi connectivity index (χ2n) is 6.02. The molecule has 1 heterocycles. The van der Waals surface area contributed by atoms with Gasteiger partial charge in [-0.2, -0.15) is 0 Å². The molecule has 0 bridgehead atoms. The van der Waals surface area contributed by atoms with Gasteiger partial charge in [-0.25, -0.2) is 4.79 Å². The number of aromatic carboxylic acids is 1. The van der Waals surface area contributed by atoms with E-state index in [1.807, 2.05) is 19.1 Å². The number of hydrogen-bond donors (Lipinski definition) is 1. The van der Waals surface area contributed by atoms with Gasteiger partial charge in [0.1, 0.15) is 0 Å². The molecule has 3 nitrogen and oxygen atoms in total. The molecule has 2 rings (SSSR count). The highest BCUT2D eigenvalue weighted by molar-refractivity contribution is 5.94. The molecular weight excluding hydrogens is 250 g/mol. The molecule has 1 aliphatic rings. The van der Waals surface area contributed by atoms with Crippen LogP contribution in [0.4, 0.5) is 5.69 Å². The predicted molar refractivity (Wildman–Crippen MR) is 82.6 cm³/mol. The van der Waals surface area contributed by atoms with Gasteiger partial charge in [0.2, 0.25) is 0 Å². The van der Waals surface area contributed by atoms with Crippen LogP contribution in [0.3, 0.4) is 0 Å². The summed E-state index contributed by atoms with van der Waals surface area (Å²) in [4.78, 5) is 13.6. The van der Waals surface area contributed by atoms with E-state index in [1.54, 1.807) is 6.07 Å². The number of aryl methyl sites for hydroxylation is 1. The molecule has 110 valence electrons. The Balaban J connectivity index is 2.22. The molecule has 1 N–H and O–H groups in total. The topological polar surface area (TPSA) is 40.5 Å². The fourth-order valence-electron chi connectivity index (χ4n) is 3.26. The molecule has 0 aliphatic carbocycles. The van der Waals surface area contributed by atoms with Crippen LogP contribution in [0.25, 0.3) is 0 Å². The number of carboxylic acid groups (broad SMARTS) is 1. The molecule has 1 aliphatic heterocycles. The summed E-state index contributed by atoms with van der Waals surface area (Å²) in [7, 11) is 0. The average Bonchev–Trinajstić information content (AvgIpc) is 2.47. The van der Waals surface area contributed by atoms with Gasteiger partial charge < -0.3 is 10.0 Å². The van der Waals surface area contributed by atoms with Crippen LogP contribution in [0, 0.1) is 12.3 Å². The van der Waals surface area contributed by atoms with Crippen molar-refractivity contribution in [1.82, 2.24) is 0 Å². The molecule has 1 saturated heterocycles. The smallest absolute Gasteiger partial charge is 0.337 e. The molecule has 0 radical (unpaired) electrons. The van der Waals surface area contributed by atoms with Crippen molar-refractivity contribution in [2.24, 2.45) is 5.41 Å². The zero-order valence-electron chi connectivity index (χ0n) is 12.8. The molecule has 0 spiro atoms. The van der Waals surface area contributed by atoms with Crippen LogP contribution in [0.5, 0.6) is 0 Å². The molecule has 0 unspecified atom stereocenters. The molecule has 0 amide bonds. The normalized spacial score (nSPS) is 18.1. The van der Waals surface area contributed by atoms with E-state index >= 15 is 0 Å². The molecule has 0 atom stereocenters. The summed E-state index contributed by atoms with van der Waals surface area (Å²) in [5.74, 6) is -0.831. The lowest BCUT2D eigenvalue weighted by atomic mass is 9.74. The lowest BCUT2D eigenvalue weighted by Crippen LogP contribution is -2.40. The fourth-order valence-corrected chi connectivity index (χ4v) is 3.26. The van der Waals surface area contributed by atoms with Crippen LogP contribution < -0.4 is 4.90 Å². The molecule has 1 aromatic carbocycles. The Morgan fingerprint density at radius 2 is 1.85 bits per heavy atom. The first-order valence-electron chi connectivity index (χ1n) is 7.60. The van der Waals surface area contributed by atoms with Crippen LogP contribution in [-0.2, 0) is 0 Å². The van der Waals surface area contributed by atoms with Gasteiger partial charge in [-0.1, -0.05) is 32.8 Å². The number of carbonyl (C=O) groups is 1. The van der Waals surface area contributed by atoms with E-state index in [1.165, 1.54) is 12.8 Å². The lowest BCUT2D eigenvalue weighted by Gasteiger charge is -2.42. The first-order chi connectivity index (χ1) is 9.51. The van der Waals surface area contributed by atoms with Crippen molar-refractivity contribution in [1.29, 1.82) is 0 Å². The molecule has 0 saturated carbocycles. The Labute approximate surface area is 121 Å². The average molecular weight is 275 g/mol. The van der Waals surface area contributed by atoms with Gasteiger partial charge in [0.05, 0.1) is 11.3 Å². The van der Waals surface area contributed by atoms with E-state index in [4.69, 9.17) is 0 Å². The number of hydrogen-bond acceptors (Lipinski definition) is 2. The van der Waals surface area contributed by atoms with Gasteiger partial charge in [-0.3, -0.25) is 0 Å². The van der Waals surface area contributed by atoms with E-state index in [0.29, 0.717) is 11.0 Å². The van der Waals surface area contributed by atoms with E-state index in [2.05, 4.69) is 18.7 Å². The van der Waals surface area contributed by atoms with E-state index < -0.39 is 5.97 Å². The van der Waals surface area contributed by atoms with Crippen molar-refractivity contribution in [3.63, 3.8) is 0 Å². The Morgan fingerprint density at radius 1 is 1.25 bits per heavy atom. The summed E-state index contributed by atoms with van der Waals surface area (Å²) < 4.78 is 0. The Bertz CT molecular complexity index is 482. The number of piperidine rings is 1. The standard InChI is InChI=1S/C17H25NO2/c1-4-17(5-2)8-10-18(11-9-17)15-12-13(3)6-7-14(15)16(19)20/h6-7,12H,4-5,8-11H2,1-3H3,(H,19,20). The van der Waals surface area contributed by atoms with Crippen molar-refractivity contribution in [3.8, 4) is 0 Å². The zero-order chi connectivity index (χ0) is 14.8. The van der Waals surface area contributed by atoms with E-state index in [0.717, 1.165) is 37.2 Å². The fraction of sp³-hybridized carbons (Fsp3) is 0.588. The van der Waals surface area contributed by atoms with Crippen molar-refractivity contribution in [3.05, 3.63) is 29.3 Å². The first-order valence-corrected chi connectivity index (χ1v) is 7.60. The number of rotatable bonds is 4. The van der Waals surface area contributed by atoms with Crippen molar-refractivity contribution in [2.75, 3.05) is 18.0 Å². The number of carboxylic acids is 1. The minimum absolute atomic E-state index is 0.427. The summed E-state index contributed by atoms with van der Waals surface area (Å²) in [5, 5.41) is 9.36. The monoisotopic (exact) mass is 275 g/mol. The number of anilines is 1. The van der Waals surface area contributed by atoms with Gasteiger partial charge in [-0.05, 0) is 42.9 Å². The summed E-state index contributed by atoms with van der Waals surface area (Å²) in [6, 6.07) is 5.61. The third-order valence-corrected chi connectivity index (χ3v) is 5.05. The first kappa shape index (κ1) is 14.9. The highest BCUT2D eigenvalue weighted by atomic mass is 16.4. The molecule has 0 aromatic heterocycles. The van der Waals surface area contributed by atoms with Gasteiger partial charge >= 0.3 is 5.97 Å². The van der Waals surface area contributed by atoms with Crippen molar-refractivity contribution >= 4 is 11.7 Å². The van der Waals surface area contributed by atoms with Crippen LogP contribution in [0.2, 0.25) is 0 Å². The highest BCUT2D eigenvalue weighted by Gasteiger charge is 2.32. The predicted octanol–water partition coefficient (Wildman–Crippen LogP) is 4.10. The summed E-state index contributed by atoms with van der Waals surface area (Å²) >= 11 is 0. The summed E-state index contributed by atoms with van der Waals surface area (Å²) in [6.07, 6.45) is 4.76. The van der Waals surface area contributed by atoms with E-state index in [9.17, 15) is 9.90 Å². The summed E-state index contributed by atoms with van der Waals surface area (Å²) in [5.41, 5.74) is 2.89. The maximum atomic E-state index is 11.4. The number of nitrogens with zero attached hydrogens (tertiary/aromatic N) is 1. The Hall–Kier alpha value is -1.51. The Kier molecular flexibility index (Phi) is 4.36. The SMILES string of the molecule is CCC1(CC)CCN(c2cc(C)ccc2C(=O)O)CC1. The quantitative estimate of drug-likeness (QED) is 0.899. The van der Waals surface area contributed by atoms with Crippen LogP contribution in [0.15, 0.2) is 18.2 Å².